The van der Waals surface area contributed by atoms with Crippen LogP contribution in [-0.2, 0) is 11.3 Å². The highest BCUT2D eigenvalue weighted by molar-refractivity contribution is 6.05. The Balaban J connectivity index is 1.60. The van der Waals surface area contributed by atoms with Crippen molar-refractivity contribution in [2.24, 2.45) is 0 Å². The Morgan fingerprint density at radius 1 is 0.793 bits per heavy atom. The second-order valence-electron chi connectivity index (χ2n) is 6.33. The molecule has 3 amide bonds. The topological polar surface area (TPSA) is 100 Å². The number of anilines is 2. The number of hydrogen-bond donors (Lipinski definition) is 3. The van der Waals surface area contributed by atoms with Gasteiger partial charge in [-0.25, -0.2) is 0 Å². The standard InChI is InChI=1S/C22H20N4O3/c1-15(27)25-19-3-2-4-20(13-19)26-22(29)18-7-5-17(6-8-18)21(28)24-14-16-9-11-23-12-10-16/h2-13H,14H2,1H3,(H,24,28)(H,25,27)(H,26,29). The Morgan fingerprint density at radius 3 is 2.00 bits per heavy atom. The van der Waals surface area contributed by atoms with Gasteiger partial charge in [0.05, 0.1) is 0 Å². The quantitative estimate of drug-likeness (QED) is 0.604. The van der Waals surface area contributed by atoms with Crippen LogP contribution < -0.4 is 16.0 Å². The summed E-state index contributed by atoms with van der Waals surface area (Å²) in [4.78, 5) is 39.8. The van der Waals surface area contributed by atoms with Gasteiger partial charge in [-0.15, -0.1) is 0 Å². The van der Waals surface area contributed by atoms with E-state index in [2.05, 4.69) is 20.9 Å². The molecule has 0 bridgehead atoms. The minimum Gasteiger partial charge on any atom is -0.348 e. The van der Waals surface area contributed by atoms with Crippen LogP contribution in [0.1, 0.15) is 33.2 Å². The number of nitrogens with zero attached hydrogens (tertiary/aromatic N) is 1. The molecule has 0 saturated heterocycles. The van der Waals surface area contributed by atoms with Crippen LogP contribution in [0.5, 0.6) is 0 Å². The Labute approximate surface area is 168 Å². The fourth-order valence-electron chi connectivity index (χ4n) is 2.64. The molecule has 0 aliphatic carbocycles. The average molecular weight is 388 g/mol. The summed E-state index contributed by atoms with van der Waals surface area (Å²) in [5.41, 5.74) is 2.98. The van der Waals surface area contributed by atoms with Gasteiger partial charge in [-0.3, -0.25) is 19.4 Å². The second-order valence-corrected chi connectivity index (χ2v) is 6.33. The summed E-state index contributed by atoms with van der Waals surface area (Å²) in [5, 5.41) is 8.26. The largest absolute Gasteiger partial charge is 0.348 e. The van der Waals surface area contributed by atoms with Crippen molar-refractivity contribution in [2.45, 2.75) is 13.5 Å². The third kappa shape index (κ3) is 5.74. The summed E-state index contributed by atoms with van der Waals surface area (Å²) in [6.45, 7) is 1.81. The first-order valence-electron chi connectivity index (χ1n) is 8.97. The average Bonchev–Trinajstić information content (AvgIpc) is 2.72. The summed E-state index contributed by atoms with van der Waals surface area (Å²) < 4.78 is 0. The zero-order chi connectivity index (χ0) is 20.6. The number of rotatable bonds is 6. The van der Waals surface area contributed by atoms with Crippen LogP contribution in [-0.4, -0.2) is 22.7 Å². The van der Waals surface area contributed by atoms with Gasteiger partial charge in [0.25, 0.3) is 11.8 Å². The van der Waals surface area contributed by atoms with Crippen molar-refractivity contribution in [1.29, 1.82) is 0 Å². The first-order valence-corrected chi connectivity index (χ1v) is 8.97. The Kier molecular flexibility index (Phi) is 6.32. The molecule has 2 aromatic carbocycles. The maximum Gasteiger partial charge on any atom is 0.255 e. The van der Waals surface area contributed by atoms with Gasteiger partial charge in [0.1, 0.15) is 0 Å². The van der Waals surface area contributed by atoms with Crippen molar-refractivity contribution < 1.29 is 14.4 Å². The van der Waals surface area contributed by atoms with E-state index in [9.17, 15) is 14.4 Å². The molecule has 29 heavy (non-hydrogen) atoms. The molecular formula is C22H20N4O3. The van der Waals surface area contributed by atoms with Gasteiger partial charge in [0.2, 0.25) is 5.91 Å². The van der Waals surface area contributed by atoms with Crippen molar-refractivity contribution >= 4 is 29.1 Å². The van der Waals surface area contributed by atoms with Gasteiger partial charge in [-0.2, -0.15) is 0 Å². The summed E-state index contributed by atoms with van der Waals surface area (Å²) in [7, 11) is 0. The van der Waals surface area contributed by atoms with Gasteiger partial charge < -0.3 is 16.0 Å². The van der Waals surface area contributed by atoms with E-state index in [1.165, 1.54) is 6.92 Å². The fraction of sp³-hybridized carbons (Fsp3) is 0.0909. The molecule has 146 valence electrons. The maximum absolute atomic E-state index is 12.4. The monoisotopic (exact) mass is 388 g/mol. The second kappa shape index (κ2) is 9.27. The Hall–Kier alpha value is -4.00. The van der Waals surface area contributed by atoms with E-state index >= 15 is 0 Å². The summed E-state index contributed by atoms with van der Waals surface area (Å²) in [5.74, 6) is -0.725. The molecule has 1 aromatic heterocycles. The molecule has 0 spiro atoms. The zero-order valence-corrected chi connectivity index (χ0v) is 15.8. The molecule has 0 fully saturated rings. The van der Waals surface area contributed by atoms with E-state index in [-0.39, 0.29) is 17.7 Å². The molecule has 3 N–H and O–H groups in total. The van der Waals surface area contributed by atoms with Crippen LogP contribution in [0.2, 0.25) is 0 Å². The van der Waals surface area contributed by atoms with Crippen molar-refractivity contribution in [3.05, 3.63) is 89.7 Å². The summed E-state index contributed by atoms with van der Waals surface area (Å²) in [6.07, 6.45) is 3.33. The normalized spacial score (nSPS) is 10.1. The molecule has 0 saturated carbocycles. The number of nitrogens with one attached hydrogen (secondary N) is 3. The van der Waals surface area contributed by atoms with Gasteiger partial charge in [-0.05, 0) is 60.2 Å². The van der Waals surface area contributed by atoms with Gasteiger partial charge >= 0.3 is 0 Å². The lowest BCUT2D eigenvalue weighted by Gasteiger charge is -2.09. The molecule has 7 heteroatoms. The van der Waals surface area contributed by atoms with Crippen LogP contribution in [0.15, 0.2) is 73.1 Å². The Morgan fingerprint density at radius 2 is 1.38 bits per heavy atom. The number of aromatic nitrogens is 1. The van der Waals surface area contributed by atoms with E-state index in [0.29, 0.717) is 29.0 Å². The molecule has 0 radical (unpaired) electrons. The van der Waals surface area contributed by atoms with E-state index < -0.39 is 0 Å². The van der Waals surface area contributed by atoms with E-state index in [0.717, 1.165) is 5.56 Å². The molecule has 0 aliphatic heterocycles. The van der Waals surface area contributed by atoms with Gasteiger partial charge in [0, 0.05) is 48.4 Å². The number of benzene rings is 2. The maximum atomic E-state index is 12.4. The lowest BCUT2D eigenvalue weighted by Crippen LogP contribution is -2.23. The number of carbonyl (C=O) groups excluding carboxylic acids is 3. The number of hydrogen-bond acceptors (Lipinski definition) is 4. The SMILES string of the molecule is CC(=O)Nc1cccc(NC(=O)c2ccc(C(=O)NCc3ccncc3)cc2)c1. The zero-order valence-electron chi connectivity index (χ0n) is 15.8. The lowest BCUT2D eigenvalue weighted by molar-refractivity contribution is -0.114. The third-order valence-corrected chi connectivity index (χ3v) is 4.05. The van der Waals surface area contributed by atoms with Crippen LogP contribution >= 0.6 is 0 Å². The van der Waals surface area contributed by atoms with Gasteiger partial charge in [-0.1, -0.05) is 6.07 Å². The highest BCUT2D eigenvalue weighted by Crippen LogP contribution is 2.16. The predicted octanol–water partition coefficient (Wildman–Crippen LogP) is 3.22. The van der Waals surface area contributed by atoms with Gasteiger partial charge in [0.15, 0.2) is 0 Å². The number of pyridine rings is 1. The number of carbonyl (C=O) groups is 3. The third-order valence-electron chi connectivity index (χ3n) is 4.05. The van der Waals surface area contributed by atoms with Crippen LogP contribution in [0, 0.1) is 0 Å². The molecule has 0 atom stereocenters. The van der Waals surface area contributed by atoms with Crippen LogP contribution in [0.25, 0.3) is 0 Å². The van der Waals surface area contributed by atoms with Crippen molar-refractivity contribution in [3.63, 3.8) is 0 Å². The molecule has 0 aliphatic rings. The fourth-order valence-corrected chi connectivity index (χ4v) is 2.64. The van der Waals surface area contributed by atoms with E-state index in [1.54, 1.807) is 60.9 Å². The molecule has 0 unspecified atom stereocenters. The van der Waals surface area contributed by atoms with E-state index in [1.807, 2.05) is 12.1 Å². The van der Waals surface area contributed by atoms with Crippen molar-refractivity contribution in [2.75, 3.05) is 10.6 Å². The number of amides is 3. The molecule has 7 nitrogen and oxygen atoms in total. The highest BCUT2D eigenvalue weighted by atomic mass is 16.2. The summed E-state index contributed by atoms with van der Waals surface area (Å²) >= 11 is 0. The minimum absolute atomic E-state index is 0.189. The van der Waals surface area contributed by atoms with E-state index in [4.69, 9.17) is 0 Å². The molecule has 1 heterocycles. The highest BCUT2D eigenvalue weighted by Gasteiger charge is 2.10. The van der Waals surface area contributed by atoms with Crippen molar-refractivity contribution in [3.8, 4) is 0 Å². The smallest absolute Gasteiger partial charge is 0.255 e. The first kappa shape index (κ1) is 19.8. The Bertz CT molecular complexity index is 1020. The molecular weight excluding hydrogens is 368 g/mol. The predicted molar refractivity (Wildman–Crippen MR) is 111 cm³/mol. The van der Waals surface area contributed by atoms with Crippen LogP contribution in [0.4, 0.5) is 11.4 Å². The minimum atomic E-state index is -0.311. The molecule has 3 aromatic rings. The van der Waals surface area contributed by atoms with Crippen molar-refractivity contribution in [1.82, 2.24) is 10.3 Å². The van der Waals surface area contributed by atoms with Crippen LogP contribution in [0.3, 0.4) is 0 Å². The first-order chi connectivity index (χ1) is 14.0. The summed E-state index contributed by atoms with van der Waals surface area (Å²) in [6, 6.07) is 16.9. The molecule has 3 rings (SSSR count). The lowest BCUT2D eigenvalue weighted by atomic mass is 10.1.